The normalized spacial score (nSPS) is 7.87. The van der Waals surface area contributed by atoms with Gasteiger partial charge in [0, 0.05) is 0 Å². The van der Waals surface area contributed by atoms with Gasteiger partial charge in [0.1, 0.15) is 0 Å². The Hall–Kier alpha value is 2.65. The van der Waals surface area contributed by atoms with Crippen LogP contribution in [-0.4, -0.2) is 48.7 Å². The van der Waals surface area contributed by atoms with Crippen LogP contribution in [-0.2, 0) is 48.1 Å². The molecule has 0 rings (SSSR count). The molecule has 0 radical (unpaired) electrons. The fourth-order valence-corrected chi connectivity index (χ4v) is 0. The van der Waals surface area contributed by atoms with Crippen molar-refractivity contribution in [2.75, 3.05) is 0 Å². The molecule has 0 aromatic heterocycles. The average molecular weight is 397 g/mol. The fourth-order valence-electron chi connectivity index (χ4n) is 0. The van der Waals surface area contributed by atoms with Gasteiger partial charge in [0.2, 0.25) is 0 Å². The van der Waals surface area contributed by atoms with Crippen molar-refractivity contribution in [3.8, 4) is 0 Å². The van der Waals surface area contributed by atoms with E-state index in [1.54, 1.807) is 0 Å². The summed E-state index contributed by atoms with van der Waals surface area (Å²) in [7, 11) is -10.8. The molecular weight excluding hydrogens is 393 g/mol. The van der Waals surface area contributed by atoms with E-state index in [0.717, 1.165) is 0 Å². The summed E-state index contributed by atoms with van der Waals surface area (Å²) < 4.78 is 17.1. The van der Waals surface area contributed by atoms with E-state index in [9.17, 15) is 0 Å². The maximum atomic E-state index is 8.55. The molecule has 0 unspecified atom stereocenters. The third-order valence-electron chi connectivity index (χ3n) is 0. The van der Waals surface area contributed by atoms with Crippen molar-refractivity contribution in [1.29, 1.82) is 0 Å². The summed E-state index contributed by atoms with van der Waals surface area (Å²) in [6, 6.07) is 0. The minimum Gasteiger partial charge on any atom is -0.822 e. The molecule has 0 atom stereocenters. The summed E-state index contributed by atoms with van der Waals surface area (Å²) in [5, 5.41) is 0. The second-order valence-corrected chi connectivity index (χ2v) is 2.68. The van der Waals surface area contributed by atoms with Crippen molar-refractivity contribution in [1.82, 2.24) is 0 Å². The van der Waals surface area contributed by atoms with Gasteiger partial charge in [-0.25, -0.2) is 0 Å². The Morgan fingerprint density at radius 1 is 0.600 bits per heavy atom. The van der Waals surface area contributed by atoms with Gasteiger partial charge in [-0.3, -0.25) is 0 Å². The van der Waals surface area contributed by atoms with Gasteiger partial charge in [0.05, 0.1) is 0 Å². The van der Waals surface area contributed by atoms with Gasteiger partial charge >= 0.3 is 76.7 Å². The first kappa shape index (κ1) is 43.1. The molecule has 4 N–H and O–H groups in total. The summed E-state index contributed by atoms with van der Waals surface area (Å²) in [6.07, 6.45) is 0. The van der Waals surface area contributed by atoms with Crippen LogP contribution in [0.4, 0.5) is 0 Å². The standard InChI is InChI=1S/Ca.2H3O4P.2H2O.2Zn/c;2*1-5(2,3)4;;;;/h;2*(H3,1,2,3,4);2*1H2;;/q+2;;;;;2*+2/p-6. The van der Waals surface area contributed by atoms with Gasteiger partial charge in [0.25, 0.3) is 0 Å². The predicted molar refractivity (Wildman–Crippen MR) is 28.2 cm³/mol. The van der Waals surface area contributed by atoms with E-state index in [0.29, 0.717) is 0 Å². The van der Waals surface area contributed by atoms with Gasteiger partial charge < -0.3 is 49.4 Å². The van der Waals surface area contributed by atoms with Crippen LogP contribution in [0.15, 0.2) is 0 Å². The quantitative estimate of drug-likeness (QED) is 0.280. The first-order chi connectivity index (χ1) is 4.00. The first-order valence-electron chi connectivity index (χ1n) is 1.46. The number of rotatable bonds is 0. The summed E-state index contributed by atoms with van der Waals surface area (Å²) in [6.45, 7) is 0. The van der Waals surface area contributed by atoms with E-state index in [-0.39, 0.29) is 87.6 Å². The maximum absolute atomic E-state index is 8.55. The van der Waals surface area contributed by atoms with Gasteiger partial charge in [-0.05, 0) is 0 Å². The summed E-state index contributed by atoms with van der Waals surface area (Å²) in [5.74, 6) is 0. The third-order valence-corrected chi connectivity index (χ3v) is 0. The first-order valence-corrected chi connectivity index (χ1v) is 4.38. The zero-order valence-electron chi connectivity index (χ0n) is 7.28. The van der Waals surface area contributed by atoms with Crippen LogP contribution in [0.3, 0.4) is 0 Å². The topological polar surface area (TPSA) is 236 Å². The zero-order chi connectivity index (χ0) is 9.00. The van der Waals surface area contributed by atoms with E-state index < -0.39 is 15.6 Å². The van der Waals surface area contributed by atoms with Crippen LogP contribution >= 0.6 is 15.6 Å². The van der Waals surface area contributed by atoms with Crippen LogP contribution in [0.1, 0.15) is 0 Å². The molecular formula is H4CaO10P2Zn2. The second-order valence-electron chi connectivity index (χ2n) is 0.894. The summed E-state index contributed by atoms with van der Waals surface area (Å²) in [5.41, 5.74) is 0. The van der Waals surface area contributed by atoms with Crippen LogP contribution in [0.2, 0.25) is 0 Å². The van der Waals surface area contributed by atoms with Crippen molar-refractivity contribution < 1.29 is 88.4 Å². The molecule has 0 bridgehead atoms. The van der Waals surface area contributed by atoms with Crippen molar-refractivity contribution in [2.45, 2.75) is 0 Å². The fraction of sp³-hybridized carbons (Fsp3) is 0. The predicted octanol–water partition coefficient (Wildman–Crippen LogP) is -7.68. The molecule has 0 spiro atoms. The molecule has 0 aromatic carbocycles. The van der Waals surface area contributed by atoms with E-state index >= 15 is 0 Å². The van der Waals surface area contributed by atoms with Gasteiger partial charge in [-0.15, -0.1) is 0 Å². The van der Waals surface area contributed by atoms with Crippen molar-refractivity contribution in [3.05, 3.63) is 0 Å². The Balaban J connectivity index is -0.0000000128. The zero-order valence-corrected chi connectivity index (χ0v) is 17.2. The van der Waals surface area contributed by atoms with Crippen LogP contribution in [0.5, 0.6) is 0 Å². The number of hydrogen-bond donors (Lipinski definition) is 0. The molecule has 0 amide bonds. The van der Waals surface area contributed by atoms with E-state index in [1.807, 2.05) is 0 Å². The Labute approximate surface area is 140 Å². The van der Waals surface area contributed by atoms with E-state index in [1.165, 1.54) is 0 Å². The molecule has 0 fully saturated rings. The Morgan fingerprint density at radius 2 is 0.600 bits per heavy atom. The molecule has 0 aliphatic carbocycles. The molecule has 0 aliphatic rings. The van der Waals surface area contributed by atoms with Crippen LogP contribution in [0, 0.1) is 0 Å². The molecule has 0 heterocycles. The summed E-state index contributed by atoms with van der Waals surface area (Å²) in [4.78, 5) is 51.3. The Morgan fingerprint density at radius 3 is 0.600 bits per heavy atom. The minimum absolute atomic E-state index is 0. The monoisotopic (exact) mass is 394 g/mol. The minimum atomic E-state index is -5.39. The van der Waals surface area contributed by atoms with Crippen LogP contribution in [0.25, 0.3) is 0 Å². The van der Waals surface area contributed by atoms with Gasteiger partial charge in [-0.1, -0.05) is 0 Å². The maximum Gasteiger partial charge on any atom is 2.00 e. The molecule has 10 nitrogen and oxygen atoms in total. The van der Waals surface area contributed by atoms with Gasteiger partial charge in [0.15, 0.2) is 0 Å². The molecule has 0 saturated heterocycles. The van der Waals surface area contributed by atoms with Gasteiger partial charge in [-0.2, -0.15) is 15.6 Å². The molecule has 0 aliphatic heterocycles. The molecule has 0 aromatic rings. The number of phosphoric acid groups is 2. The van der Waals surface area contributed by atoms with E-state index in [4.69, 9.17) is 38.5 Å². The smallest absolute Gasteiger partial charge is 0.822 e. The average Bonchev–Trinajstić information content (AvgIpc) is 1.12. The molecule has 15 heteroatoms. The van der Waals surface area contributed by atoms with Crippen molar-refractivity contribution >= 4 is 53.4 Å². The van der Waals surface area contributed by atoms with Crippen molar-refractivity contribution in [3.63, 3.8) is 0 Å². The molecule has 80 valence electrons. The Bertz CT molecular complexity index is 134. The molecule has 0 saturated carbocycles. The molecule has 15 heavy (non-hydrogen) atoms. The summed E-state index contributed by atoms with van der Waals surface area (Å²) >= 11 is 0. The largest absolute Gasteiger partial charge is 2.00 e. The third kappa shape index (κ3) is 510. The number of hydrogen-bond acceptors (Lipinski definition) is 8. The van der Waals surface area contributed by atoms with E-state index in [2.05, 4.69) is 0 Å². The Kier molecular flexibility index (Phi) is 54.6. The SMILES string of the molecule is O.O.O=P([O-])([O-])[O-].O=P([O-])([O-])[O-].[Ca+2].[Zn+2].[Zn+2]. The second kappa shape index (κ2) is 19.0. The van der Waals surface area contributed by atoms with Crippen molar-refractivity contribution in [2.24, 2.45) is 0 Å². The van der Waals surface area contributed by atoms with Crippen LogP contribution < -0.4 is 29.4 Å².